The molecule has 2 aliphatic rings. The van der Waals surface area contributed by atoms with Gasteiger partial charge >= 0.3 is 0 Å². The number of fused-ring (bicyclic) bond motifs is 3. The maximum Gasteiger partial charge on any atom is 0.243 e. The lowest BCUT2D eigenvalue weighted by molar-refractivity contribution is 0.210. The average Bonchev–Trinajstić information content (AvgIpc) is 3.14. The molecule has 5 nitrogen and oxygen atoms in total. The zero-order valence-corrected chi connectivity index (χ0v) is 17.0. The van der Waals surface area contributed by atoms with Gasteiger partial charge in [0.05, 0.1) is 23.6 Å². The van der Waals surface area contributed by atoms with Crippen molar-refractivity contribution < 1.29 is 13.5 Å². The van der Waals surface area contributed by atoms with Crippen molar-refractivity contribution in [3.8, 4) is 0 Å². The Balaban J connectivity index is 1.81. The molecule has 2 aliphatic heterocycles. The van der Waals surface area contributed by atoms with Crippen LogP contribution in [0.4, 0.5) is 5.69 Å². The number of hydrogen-bond donors (Lipinski definition) is 2. The van der Waals surface area contributed by atoms with Crippen LogP contribution in [0.15, 0.2) is 53.4 Å². The Morgan fingerprint density at radius 3 is 2.64 bits per heavy atom. The van der Waals surface area contributed by atoms with Crippen molar-refractivity contribution in [1.82, 2.24) is 4.31 Å². The Morgan fingerprint density at radius 1 is 1.21 bits per heavy atom. The molecule has 28 heavy (non-hydrogen) atoms. The van der Waals surface area contributed by atoms with E-state index < -0.39 is 10.0 Å². The Morgan fingerprint density at radius 2 is 1.96 bits per heavy atom. The van der Waals surface area contributed by atoms with Gasteiger partial charge in [-0.15, -0.1) is 0 Å². The van der Waals surface area contributed by atoms with Crippen LogP contribution in [0.5, 0.6) is 0 Å². The molecule has 0 unspecified atom stereocenters. The van der Waals surface area contributed by atoms with Gasteiger partial charge < -0.3 is 10.4 Å². The molecule has 0 aliphatic carbocycles. The van der Waals surface area contributed by atoms with Gasteiger partial charge in [-0.05, 0) is 55.7 Å². The van der Waals surface area contributed by atoms with E-state index in [1.165, 1.54) is 0 Å². The SMILES string of the molecule is CC=Cc1ccc2c(c1)[C@H]1[C@H](CCN1S(=O)(=O)c1ccc(C)cc1)[C@H](CO)N2. The second-order valence-electron chi connectivity index (χ2n) is 7.61. The van der Waals surface area contributed by atoms with Crippen molar-refractivity contribution in [2.75, 3.05) is 18.5 Å². The first-order valence-corrected chi connectivity index (χ1v) is 11.1. The van der Waals surface area contributed by atoms with Gasteiger partial charge in [0, 0.05) is 18.2 Å². The summed E-state index contributed by atoms with van der Waals surface area (Å²) in [5.74, 6) is 0.0404. The number of aliphatic hydroxyl groups is 1. The highest BCUT2D eigenvalue weighted by molar-refractivity contribution is 7.89. The van der Waals surface area contributed by atoms with Crippen LogP contribution < -0.4 is 5.32 Å². The van der Waals surface area contributed by atoms with Gasteiger partial charge in [-0.1, -0.05) is 35.9 Å². The summed E-state index contributed by atoms with van der Waals surface area (Å²) in [7, 11) is -3.62. The van der Waals surface area contributed by atoms with Gasteiger partial charge in [0.25, 0.3) is 0 Å². The molecule has 0 aromatic heterocycles. The number of nitrogens with one attached hydrogen (secondary N) is 1. The maximum atomic E-state index is 13.4. The van der Waals surface area contributed by atoms with Crippen molar-refractivity contribution in [2.24, 2.45) is 5.92 Å². The van der Waals surface area contributed by atoms with Crippen LogP contribution in [0.3, 0.4) is 0 Å². The number of hydrogen-bond acceptors (Lipinski definition) is 4. The Bertz CT molecular complexity index is 999. The summed E-state index contributed by atoms with van der Waals surface area (Å²) in [6, 6.07) is 12.7. The third-order valence-corrected chi connectivity index (χ3v) is 7.73. The number of anilines is 1. The van der Waals surface area contributed by atoms with E-state index in [-0.39, 0.29) is 24.6 Å². The monoisotopic (exact) mass is 398 g/mol. The fourth-order valence-corrected chi connectivity index (χ4v) is 6.12. The number of sulfonamides is 1. The summed E-state index contributed by atoms with van der Waals surface area (Å²) in [5.41, 5.74) is 3.96. The Hall–Kier alpha value is -2.15. The summed E-state index contributed by atoms with van der Waals surface area (Å²) in [5, 5.41) is 13.3. The van der Waals surface area contributed by atoms with Crippen molar-refractivity contribution in [2.45, 2.75) is 37.2 Å². The molecule has 2 aromatic rings. The zero-order valence-electron chi connectivity index (χ0n) is 16.2. The van der Waals surface area contributed by atoms with E-state index in [1.54, 1.807) is 16.4 Å². The highest BCUT2D eigenvalue weighted by Gasteiger charge is 2.48. The minimum Gasteiger partial charge on any atom is -0.394 e. The number of benzene rings is 2. The quantitative estimate of drug-likeness (QED) is 0.826. The molecular weight excluding hydrogens is 372 g/mol. The lowest BCUT2D eigenvalue weighted by Gasteiger charge is -2.39. The fraction of sp³-hybridized carbons (Fsp3) is 0.364. The number of allylic oxidation sites excluding steroid dienone is 1. The van der Waals surface area contributed by atoms with Crippen LogP contribution in [-0.4, -0.2) is 37.0 Å². The minimum atomic E-state index is -3.62. The number of aryl methyl sites for hydroxylation is 1. The zero-order chi connectivity index (χ0) is 19.9. The molecule has 0 radical (unpaired) electrons. The third-order valence-electron chi connectivity index (χ3n) is 5.83. The summed E-state index contributed by atoms with van der Waals surface area (Å²) in [6.07, 6.45) is 4.71. The highest BCUT2D eigenvalue weighted by Crippen LogP contribution is 2.48. The Labute approximate surface area is 166 Å². The molecule has 0 spiro atoms. The first kappa shape index (κ1) is 19.2. The molecule has 3 atom stereocenters. The van der Waals surface area contributed by atoms with Crippen LogP contribution in [0.25, 0.3) is 6.08 Å². The van der Waals surface area contributed by atoms with Gasteiger partial charge in [-0.25, -0.2) is 8.42 Å². The van der Waals surface area contributed by atoms with Crippen molar-refractivity contribution in [3.63, 3.8) is 0 Å². The topological polar surface area (TPSA) is 69.6 Å². The van der Waals surface area contributed by atoms with Crippen LogP contribution in [0.1, 0.15) is 36.1 Å². The standard InChI is InChI=1S/C22H26N2O3S/c1-3-4-16-7-10-20-19(13-16)22-18(21(14-25)23-20)11-12-24(22)28(26,27)17-8-5-15(2)6-9-17/h3-10,13,18,21-23,25H,11-12,14H2,1-2H3/t18-,21+,22-/m1/s1. The van der Waals surface area contributed by atoms with Crippen LogP contribution >= 0.6 is 0 Å². The lowest BCUT2D eigenvalue weighted by Crippen LogP contribution is -2.42. The third kappa shape index (κ3) is 3.15. The average molecular weight is 399 g/mol. The summed E-state index contributed by atoms with van der Waals surface area (Å²) < 4.78 is 28.5. The molecule has 148 valence electrons. The van der Waals surface area contributed by atoms with E-state index in [1.807, 2.05) is 50.3 Å². The smallest absolute Gasteiger partial charge is 0.243 e. The molecule has 6 heteroatoms. The molecule has 2 N–H and O–H groups in total. The van der Waals surface area contributed by atoms with Crippen LogP contribution in [0, 0.1) is 12.8 Å². The van der Waals surface area contributed by atoms with Gasteiger partial charge in [0.2, 0.25) is 10.0 Å². The normalized spacial score (nSPS) is 24.8. The minimum absolute atomic E-state index is 0.0182. The fourth-order valence-electron chi connectivity index (χ4n) is 4.45. The van der Waals surface area contributed by atoms with Crippen LogP contribution in [-0.2, 0) is 10.0 Å². The van der Waals surface area contributed by atoms with Crippen molar-refractivity contribution in [1.29, 1.82) is 0 Å². The van der Waals surface area contributed by atoms with E-state index >= 15 is 0 Å². The first-order chi connectivity index (χ1) is 13.5. The van der Waals surface area contributed by atoms with E-state index in [9.17, 15) is 13.5 Å². The predicted octanol–water partition coefficient (Wildman–Crippen LogP) is 3.57. The molecule has 2 aromatic carbocycles. The first-order valence-electron chi connectivity index (χ1n) is 9.68. The molecule has 0 bridgehead atoms. The van der Waals surface area contributed by atoms with E-state index in [4.69, 9.17) is 0 Å². The second-order valence-corrected chi connectivity index (χ2v) is 9.50. The number of nitrogens with zero attached hydrogens (tertiary/aromatic N) is 1. The Kier molecular flexibility index (Phi) is 5.04. The van der Waals surface area contributed by atoms with Crippen LogP contribution in [0.2, 0.25) is 0 Å². The largest absolute Gasteiger partial charge is 0.394 e. The van der Waals surface area contributed by atoms with Crippen molar-refractivity contribution >= 4 is 21.8 Å². The van der Waals surface area contributed by atoms with Gasteiger partial charge in [-0.2, -0.15) is 4.31 Å². The van der Waals surface area contributed by atoms with Gasteiger partial charge in [0.1, 0.15) is 0 Å². The number of aliphatic hydroxyl groups excluding tert-OH is 1. The molecule has 0 saturated carbocycles. The summed E-state index contributed by atoms with van der Waals surface area (Å²) in [4.78, 5) is 0.323. The van der Waals surface area contributed by atoms with Gasteiger partial charge in [-0.3, -0.25) is 0 Å². The molecule has 1 saturated heterocycles. The van der Waals surface area contributed by atoms with Gasteiger partial charge in [0.15, 0.2) is 0 Å². The van der Waals surface area contributed by atoms with E-state index in [2.05, 4.69) is 11.4 Å². The molecule has 4 rings (SSSR count). The number of rotatable bonds is 4. The molecule has 0 amide bonds. The van der Waals surface area contributed by atoms with E-state index in [0.29, 0.717) is 11.4 Å². The second kappa shape index (κ2) is 7.35. The highest BCUT2D eigenvalue weighted by atomic mass is 32.2. The summed E-state index contributed by atoms with van der Waals surface area (Å²) in [6.45, 7) is 4.35. The van der Waals surface area contributed by atoms with Crippen molar-refractivity contribution in [3.05, 3.63) is 65.2 Å². The predicted molar refractivity (Wildman–Crippen MR) is 112 cm³/mol. The molecule has 2 heterocycles. The maximum absolute atomic E-state index is 13.4. The van der Waals surface area contributed by atoms with E-state index in [0.717, 1.165) is 28.8 Å². The lowest BCUT2D eigenvalue weighted by atomic mass is 9.83. The summed E-state index contributed by atoms with van der Waals surface area (Å²) >= 11 is 0. The molecular formula is C22H26N2O3S. The molecule has 1 fully saturated rings.